The van der Waals surface area contributed by atoms with Gasteiger partial charge in [0, 0.05) is 13.2 Å². The molecule has 0 unspecified atom stereocenters. The summed E-state index contributed by atoms with van der Waals surface area (Å²) in [6.45, 7) is 33.8. The molecule has 0 atom stereocenters. The number of fused-ring (bicyclic) bond motifs is 16. The van der Waals surface area contributed by atoms with Crippen LogP contribution in [-0.2, 0) is 87.8 Å². The normalized spacial score (nSPS) is 12.7. The summed E-state index contributed by atoms with van der Waals surface area (Å²) < 4.78 is 56.5. The van der Waals surface area contributed by atoms with Gasteiger partial charge in [0.2, 0.25) is 0 Å². The van der Waals surface area contributed by atoms with Crippen LogP contribution in [-0.4, -0.2) is 85.9 Å². The Morgan fingerprint density at radius 3 is 0.908 bits per heavy atom. The molecular formula is C76H98Cl2Co2N8O8S2. The second-order valence-corrected chi connectivity index (χ2v) is 27.8. The van der Waals surface area contributed by atoms with Gasteiger partial charge < -0.3 is 55.0 Å². The molecule has 0 spiro atoms. The maximum Gasteiger partial charge on any atom is 2.00 e. The number of aromatic nitrogens is 8. The van der Waals surface area contributed by atoms with Gasteiger partial charge in [-0.15, -0.1) is 44.1 Å². The van der Waals surface area contributed by atoms with Crippen molar-refractivity contribution in [3.63, 3.8) is 0 Å². The summed E-state index contributed by atoms with van der Waals surface area (Å²) in [6, 6.07) is 16.6. The van der Waals surface area contributed by atoms with E-state index in [1.54, 1.807) is 0 Å². The van der Waals surface area contributed by atoms with Crippen LogP contribution in [0.5, 0.6) is 0 Å². The molecule has 6 aromatic rings. The summed E-state index contributed by atoms with van der Waals surface area (Å²) in [5.74, 6) is 0. The Hall–Kier alpha value is -5.73. The first kappa shape index (κ1) is 86.5. The molecule has 2 N–H and O–H groups in total. The molecule has 0 amide bonds. The van der Waals surface area contributed by atoms with Crippen LogP contribution >= 0.6 is 0 Å². The van der Waals surface area contributed by atoms with Gasteiger partial charge >= 0.3 is 33.6 Å². The third-order valence-electron chi connectivity index (χ3n) is 17.6. The molecule has 10 rings (SSSR count). The SMILES string of the molecule is CCC1=C(C)c2cc3[n-]c(cc4nc(cc5[n-]c(cc1n2)c(C)c5CCCO)C(CCCO)=C4C)c(C)c3CC.CCC1=C(C)c2cc3[n-]c(cc4nc(cc5[n-]c(cc1n2)c(C)c5CCCOS(C)(=O)=O)C(CCCOS(C)(=O)=O)=C4C)c(C)c3CC.C[CH+]C.C[CH+]C.[Cl-].[Cl-].[Co+2].[Co+2]. The van der Waals surface area contributed by atoms with Crippen LogP contribution in [0.3, 0.4) is 0 Å². The minimum Gasteiger partial charge on any atom is -1.00 e. The molecule has 10 heterocycles. The largest absolute Gasteiger partial charge is 2.00 e. The average Bonchev–Trinajstić information content (AvgIpc) is 1.63. The third kappa shape index (κ3) is 20.7. The minimum absolute atomic E-state index is 0. The van der Waals surface area contributed by atoms with Crippen LogP contribution in [0.15, 0.2) is 48.5 Å². The number of hydrogen-bond acceptors (Lipinski definition) is 12. The predicted molar refractivity (Wildman–Crippen MR) is 388 cm³/mol. The van der Waals surface area contributed by atoms with Gasteiger partial charge in [0.25, 0.3) is 20.2 Å². The van der Waals surface area contributed by atoms with Crippen molar-refractivity contribution in [3.8, 4) is 0 Å². The number of aliphatic hydroxyl groups excluding tert-OH is 2. The number of nitrogens with zero attached hydrogens (tertiary/aromatic N) is 8. The summed E-state index contributed by atoms with van der Waals surface area (Å²) in [5, 5.41) is 19.2. The summed E-state index contributed by atoms with van der Waals surface area (Å²) in [5.41, 5.74) is 31.9. The molecule has 16 bridgehead atoms. The van der Waals surface area contributed by atoms with E-state index in [4.69, 9.17) is 48.2 Å². The van der Waals surface area contributed by atoms with E-state index < -0.39 is 20.2 Å². The molecule has 0 aliphatic carbocycles. The van der Waals surface area contributed by atoms with Crippen LogP contribution in [0, 0.1) is 40.5 Å². The van der Waals surface area contributed by atoms with E-state index in [2.05, 4.69) is 99.6 Å². The van der Waals surface area contributed by atoms with Crippen LogP contribution in [0.1, 0.15) is 225 Å². The second-order valence-electron chi connectivity index (χ2n) is 24.5. The number of allylic oxidation sites excluding steroid dienone is 8. The zero-order valence-corrected chi connectivity index (χ0v) is 65.5. The Balaban J connectivity index is 0.000000460. The summed E-state index contributed by atoms with van der Waals surface area (Å²) in [4.78, 5) is 40.8. The molecule has 0 saturated heterocycles. The smallest absolute Gasteiger partial charge is 1.00 e. The first-order chi connectivity index (χ1) is 44.7. The monoisotopic (exact) mass is 1500 g/mol. The number of aliphatic hydroxyl groups is 2. The van der Waals surface area contributed by atoms with Crippen LogP contribution in [0.2, 0.25) is 0 Å². The second kappa shape index (κ2) is 38.9. The van der Waals surface area contributed by atoms with Crippen molar-refractivity contribution in [3.05, 3.63) is 151 Å². The van der Waals surface area contributed by atoms with E-state index in [1.165, 1.54) is 27.8 Å². The van der Waals surface area contributed by atoms with Gasteiger partial charge in [-0.05, 0) is 177 Å². The molecule has 534 valence electrons. The zero-order valence-electron chi connectivity index (χ0n) is 60.2. The van der Waals surface area contributed by atoms with Gasteiger partial charge in [-0.2, -0.15) is 16.8 Å². The molecule has 0 aromatic carbocycles. The van der Waals surface area contributed by atoms with E-state index in [0.29, 0.717) is 38.5 Å². The van der Waals surface area contributed by atoms with Crippen molar-refractivity contribution in [2.45, 2.75) is 188 Å². The average molecular weight is 1500 g/mol. The van der Waals surface area contributed by atoms with Crippen molar-refractivity contribution in [1.82, 2.24) is 39.9 Å². The Labute approximate surface area is 616 Å². The molecule has 4 aliphatic heterocycles. The minimum atomic E-state index is -3.55. The molecule has 2 radical (unpaired) electrons. The first-order valence-electron chi connectivity index (χ1n) is 33.2. The van der Waals surface area contributed by atoms with E-state index in [0.717, 1.165) is 202 Å². The van der Waals surface area contributed by atoms with Gasteiger partial charge in [-0.3, -0.25) is 8.37 Å². The molecule has 4 aliphatic rings. The number of hydrogen-bond donors (Lipinski definition) is 2. The number of aryl methyl sites for hydroxylation is 8. The summed E-state index contributed by atoms with van der Waals surface area (Å²) >= 11 is 0. The standard InChI is InChI=1S/C36H44N4O6S2.C34H40N4O2.2C3H7.2ClH.2Co/c1-9-25-21(3)29-17-30-23(5)27(13-11-15-45-47(7,41)42)35(39-30)20-36-28(14-12-16-46-48(8,43)44)24(6)32(40-36)19-34-26(10-2)22(4)31(38-34)18-33(25)37-29;1-7-23-19(3)27-15-28-21(5)25(11-9-13-39)33(37-28)18-34-26(12-10-14-40)22(6)30(38-34)17-32-24(8-2)20(4)29(36-32)16-31(23)35-27;2*1-3-2;;;;/h17-20H,9-16H2,1-8H3;15-18,39-40H,7-14H2,1-6H3;2*3H,1-2H3;2*1H;;/q2*-2;2*+1;;;2*+2/p-2. The quantitative estimate of drug-likeness (QED) is 0.0411. The van der Waals surface area contributed by atoms with E-state index in [1.807, 2.05) is 72.6 Å². The van der Waals surface area contributed by atoms with Crippen LogP contribution in [0.4, 0.5) is 0 Å². The topological polar surface area (TPSA) is 235 Å². The van der Waals surface area contributed by atoms with Crippen LogP contribution < -0.4 is 44.7 Å². The zero-order chi connectivity index (χ0) is 68.9. The van der Waals surface area contributed by atoms with Crippen molar-refractivity contribution in [2.24, 2.45) is 0 Å². The molecule has 0 saturated carbocycles. The van der Waals surface area contributed by atoms with E-state index >= 15 is 0 Å². The van der Waals surface area contributed by atoms with Crippen LogP contribution in [0.25, 0.3) is 88.7 Å². The van der Waals surface area contributed by atoms with Crippen molar-refractivity contribution < 1.29 is 93.8 Å². The number of rotatable bonds is 20. The molecular weight excluding hydrogens is 1410 g/mol. The predicted octanol–water partition coefficient (Wildman–Crippen LogP) is 9.87. The van der Waals surface area contributed by atoms with Gasteiger partial charge in [0.1, 0.15) is 0 Å². The first-order valence-corrected chi connectivity index (χ1v) is 36.8. The van der Waals surface area contributed by atoms with Gasteiger partial charge in [-0.1, -0.05) is 121 Å². The van der Waals surface area contributed by atoms with Gasteiger partial charge in [-0.25, -0.2) is 19.9 Å². The van der Waals surface area contributed by atoms with Crippen molar-refractivity contribution in [1.29, 1.82) is 0 Å². The Kier molecular flexibility index (Phi) is 34.3. The Morgan fingerprint density at radius 1 is 0.367 bits per heavy atom. The molecule has 98 heavy (non-hydrogen) atoms. The molecule has 6 aromatic heterocycles. The number of halogens is 2. The molecule has 22 heteroatoms. The fourth-order valence-corrected chi connectivity index (χ4v) is 13.5. The van der Waals surface area contributed by atoms with E-state index in [9.17, 15) is 27.0 Å². The van der Waals surface area contributed by atoms with Gasteiger partial charge in [0.15, 0.2) is 0 Å². The van der Waals surface area contributed by atoms with Gasteiger partial charge in [0.05, 0.1) is 112 Å². The summed E-state index contributed by atoms with van der Waals surface area (Å²) in [6.07, 6.45) is 14.4. The van der Waals surface area contributed by atoms with Crippen molar-refractivity contribution >= 4 is 109 Å². The molecule has 0 fully saturated rings. The molecule has 16 nitrogen and oxygen atoms in total. The third-order valence-corrected chi connectivity index (χ3v) is 18.8. The maximum absolute atomic E-state index is 11.6. The fraction of sp³-hybridized carbons (Fsp3) is 0.447. The fourth-order valence-electron chi connectivity index (χ4n) is 12.6. The van der Waals surface area contributed by atoms with E-state index in [-0.39, 0.29) is 84.8 Å². The Bertz CT molecular complexity index is 4520. The maximum atomic E-state index is 11.6. The summed E-state index contributed by atoms with van der Waals surface area (Å²) in [7, 11) is -7.11. The Morgan fingerprint density at radius 2 is 0.602 bits per heavy atom. The van der Waals surface area contributed by atoms with Crippen molar-refractivity contribution in [2.75, 3.05) is 38.9 Å².